The normalized spacial score (nSPS) is 27.9. The van der Waals surface area contributed by atoms with Crippen LogP contribution in [-0.2, 0) is 16.6 Å². The van der Waals surface area contributed by atoms with Crippen LogP contribution in [0.5, 0.6) is 0 Å². The quantitative estimate of drug-likeness (QED) is 0.719. The number of rotatable bonds is 6. The number of hydrogen-bond acceptors (Lipinski definition) is 6. The van der Waals surface area contributed by atoms with Crippen molar-refractivity contribution in [2.75, 3.05) is 39.0 Å². The average Bonchev–Trinajstić information content (AvgIpc) is 3.49. The van der Waals surface area contributed by atoms with Gasteiger partial charge < -0.3 is 10.0 Å². The monoisotopic (exact) mass is 424 g/mol. The fourth-order valence-corrected chi connectivity index (χ4v) is 5.62. The van der Waals surface area contributed by atoms with E-state index in [9.17, 15) is 18.3 Å². The molecule has 1 aromatic heterocycles. The minimum atomic E-state index is -3.27. The van der Waals surface area contributed by atoms with Crippen LogP contribution < -0.4 is 5.56 Å². The van der Waals surface area contributed by atoms with E-state index < -0.39 is 15.6 Å². The number of β-amino-alcohol motifs (C(OH)–C–C–N with tert-alkyl or cyclic N) is 1. The van der Waals surface area contributed by atoms with Gasteiger partial charge in [-0.25, -0.2) is 13.4 Å². The van der Waals surface area contributed by atoms with Crippen molar-refractivity contribution in [2.24, 2.45) is 5.92 Å². The second kappa shape index (κ2) is 8.09. The predicted molar refractivity (Wildman–Crippen MR) is 110 cm³/mol. The van der Waals surface area contributed by atoms with Gasteiger partial charge in [0.1, 0.15) is 0 Å². The van der Waals surface area contributed by atoms with Crippen LogP contribution in [0, 0.1) is 5.92 Å². The van der Waals surface area contributed by atoms with Gasteiger partial charge in [0.25, 0.3) is 5.56 Å². The van der Waals surface area contributed by atoms with Crippen molar-refractivity contribution in [2.45, 2.75) is 56.6 Å². The Morgan fingerprint density at radius 3 is 2.55 bits per heavy atom. The summed E-state index contributed by atoms with van der Waals surface area (Å²) >= 11 is 0. The zero-order chi connectivity index (χ0) is 20.6. The predicted octanol–water partition coefficient (Wildman–Crippen LogP) is 0.619. The van der Waals surface area contributed by atoms with Gasteiger partial charge in [-0.3, -0.25) is 9.36 Å². The van der Waals surface area contributed by atoms with Crippen LogP contribution in [0.2, 0.25) is 0 Å². The van der Waals surface area contributed by atoms with E-state index in [4.69, 9.17) is 0 Å². The Bertz CT molecular complexity index is 890. The van der Waals surface area contributed by atoms with Gasteiger partial charge in [-0.2, -0.15) is 4.31 Å². The molecule has 0 spiro atoms. The van der Waals surface area contributed by atoms with Crippen molar-refractivity contribution in [1.29, 1.82) is 0 Å². The molecule has 1 unspecified atom stereocenters. The minimum absolute atomic E-state index is 0.0433. The van der Waals surface area contributed by atoms with E-state index in [1.807, 2.05) is 0 Å². The Morgan fingerprint density at radius 2 is 1.93 bits per heavy atom. The standard InChI is InChI=1S/C20H32N4O4S/c1-29(27,28)24-8-2-7-20(26,14-24)13-22-9-5-16(6-10-22)12-23-15-21-18(11-19(23)25)17-3-4-17/h11,15-17,26H,2-10,12-14H2,1H3. The van der Waals surface area contributed by atoms with E-state index in [-0.39, 0.29) is 12.1 Å². The van der Waals surface area contributed by atoms with Crippen LogP contribution >= 0.6 is 0 Å². The molecule has 2 saturated heterocycles. The molecule has 2 aliphatic heterocycles. The highest BCUT2D eigenvalue weighted by atomic mass is 32.2. The molecule has 3 aliphatic rings. The molecule has 8 nitrogen and oxygen atoms in total. The van der Waals surface area contributed by atoms with E-state index in [1.54, 1.807) is 17.0 Å². The minimum Gasteiger partial charge on any atom is -0.387 e. The van der Waals surface area contributed by atoms with Gasteiger partial charge in [0, 0.05) is 38.2 Å². The molecule has 9 heteroatoms. The van der Waals surface area contributed by atoms with E-state index in [0.717, 1.165) is 44.5 Å². The number of aromatic nitrogens is 2. The van der Waals surface area contributed by atoms with Crippen LogP contribution in [0.25, 0.3) is 0 Å². The molecule has 3 heterocycles. The van der Waals surface area contributed by atoms with Gasteiger partial charge in [0.15, 0.2) is 0 Å². The molecule has 162 valence electrons. The van der Waals surface area contributed by atoms with Crippen molar-refractivity contribution in [3.63, 3.8) is 0 Å². The molecule has 1 aliphatic carbocycles. The number of aliphatic hydroxyl groups is 1. The van der Waals surface area contributed by atoms with Gasteiger partial charge in [0.05, 0.1) is 23.9 Å². The van der Waals surface area contributed by atoms with Gasteiger partial charge >= 0.3 is 0 Å². The summed E-state index contributed by atoms with van der Waals surface area (Å²) in [4.78, 5) is 19.0. The first-order valence-corrected chi connectivity index (χ1v) is 12.5. The Balaban J connectivity index is 1.29. The Morgan fingerprint density at radius 1 is 1.21 bits per heavy atom. The molecule has 1 aromatic rings. The van der Waals surface area contributed by atoms with Crippen molar-refractivity contribution in [3.05, 3.63) is 28.4 Å². The molecule has 0 bridgehead atoms. The molecular formula is C20H32N4O4S. The van der Waals surface area contributed by atoms with E-state index in [2.05, 4.69) is 9.88 Å². The first kappa shape index (κ1) is 21.0. The topological polar surface area (TPSA) is 95.7 Å². The van der Waals surface area contributed by atoms with Gasteiger partial charge in [-0.15, -0.1) is 0 Å². The van der Waals surface area contributed by atoms with Crippen molar-refractivity contribution in [1.82, 2.24) is 18.8 Å². The summed E-state index contributed by atoms with van der Waals surface area (Å²) in [5, 5.41) is 11.0. The molecule has 1 N–H and O–H groups in total. The third-order valence-electron chi connectivity index (χ3n) is 6.57. The van der Waals surface area contributed by atoms with Crippen LogP contribution in [0.1, 0.15) is 50.1 Å². The molecule has 4 rings (SSSR count). The van der Waals surface area contributed by atoms with E-state index in [1.165, 1.54) is 10.6 Å². The van der Waals surface area contributed by atoms with Crippen molar-refractivity contribution < 1.29 is 13.5 Å². The Kier molecular flexibility index (Phi) is 5.85. The molecule has 0 aromatic carbocycles. The molecule has 0 amide bonds. The zero-order valence-electron chi connectivity index (χ0n) is 17.2. The SMILES string of the molecule is CS(=O)(=O)N1CCCC(O)(CN2CCC(Cn3cnc(C4CC4)cc3=O)CC2)C1. The van der Waals surface area contributed by atoms with Crippen LogP contribution in [-0.4, -0.2) is 76.9 Å². The van der Waals surface area contributed by atoms with E-state index >= 15 is 0 Å². The van der Waals surface area contributed by atoms with Crippen molar-refractivity contribution in [3.8, 4) is 0 Å². The molecular weight excluding hydrogens is 392 g/mol. The van der Waals surface area contributed by atoms with Gasteiger partial charge in [0.2, 0.25) is 10.0 Å². The lowest BCUT2D eigenvalue weighted by Crippen LogP contribution is -2.56. The number of hydrogen-bond donors (Lipinski definition) is 1. The highest BCUT2D eigenvalue weighted by molar-refractivity contribution is 7.88. The summed E-state index contributed by atoms with van der Waals surface area (Å²) < 4.78 is 26.8. The summed E-state index contributed by atoms with van der Waals surface area (Å²) in [7, 11) is -3.27. The Labute approximate surface area is 172 Å². The highest BCUT2D eigenvalue weighted by Crippen LogP contribution is 2.38. The van der Waals surface area contributed by atoms with Crippen LogP contribution in [0.3, 0.4) is 0 Å². The molecule has 3 fully saturated rings. The van der Waals surface area contributed by atoms with Crippen LogP contribution in [0.4, 0.5) is 0 Å². The zero-order valence-corrected chi connectivity index (χ0v) is 18.0. The average molecular weight is 425 g/mol. The molecule has 0 radical (unpaired) electrons. The summed E-state index contributed by atoms with van der Waals surface area (Å²) in [6.45, 7) is 3.58. The highest BCUT2D eigenvalue weighted by Gasteiger charge is 2.38. The maximum absolute atomic E-state index is 12.4. The lowest BCUT2D eigenvalue weighted by Gasteiger charge is -2.42. The fraction of sp³-hybridized carbons (Fsp3) is 0.800. The van der Waals surface area contributed by atoms with Crippen molar-refractivity contribution >= 4 is 10.0 Å². The molecule has 29 heavy (non-hydrogen) atoms. The number of likely N-dealkylation sites (tertiary alicyclic amines) is 1. The van der Waals surface area contributed by atoms with Crippen LogP contribution in [0.15, 0.2) is 17.2 Å². The maximum atomic E-state index is 12.4. The lowest BCUT2D eigenvalue weighted by atomic mass is 9.91. The largest absolute Gasteiger partial charge is 0.387 e. The smallest absolute Gasteiger partial charge is 0.253 e. The van der Waals surface area contributed by atoms with Gasteiger partial charge in [-0.05, 0) is 57.5 Å². The third-order valence-corrected chi connectivity index (χ3v) is 7.82. The number of sulfonamides is 1. The first-order valence-electron chi connectivity index (χ1n) is 10.7. The summed E-state index contributed by atoms with van der Waals surface area (Å²) in [6.07, 6.45) is 8.43. The summed E-state index contributed by atoms with van der Waals surface area (Å²) in [5.74, 6) is 0.913. The fourth-order valence-electron chi connectivity index (χ4n) is 4.68. The van der Waals surface area contributed by atoms with E-state index in [0.29, 0.717) is 44.3 Å². The summed E-state index contributed by atoms with van der Waals surface area (Å²) in [5.41, 5.74) is -0.000131. The maximum Gasteiger partial charge on any atom is 0.253 e. The first-order chi connectivity index (χ1) is 13.7. The lowest BCUT2D eigenvalue weighted by molar-refractivity contribution is -0.0408. The third kappa shape index (κ3) is 5.25. The number of piperidine rings is 2. The molecule has 1 saturated carbocycles. The number of nitrogens with zero attached hydrogens (tertiary/aromatic N) is 4. The van der Waals surface area contributed by atoms with Gasteiger partial charge in [-0.1, -0.05) is 0 Å². The summed E-state index contributed by atoms with van der Waals surface area (Å²) in [6, 6.07) is 1.69. The molecule has 1 atom stereocenters. The second-order valence-corrected chi connectivity index (χ2v) is 11.2. The Hall–Kier alpha value is -1.29. The second-order valence-electron chi connectivity index (χ2n) is 9.22.